The molecular formula is C36H59N3O4. The second-order valence-electron chi connectivity index (χ2n) is 17.0. The van der Waals surface area contributed by atoms with Crippen molar-refractivity contribution in [2.75, 3.05) is 26.7 Å². The van der Waals surface area contributed by atoms with Crippen molar-refractivity contribution in [2.24, 2.45) is 52.3 Å². The van der Waals surface area contributed by atoms with E-state index in [1.807, 2.05) is 0 Å². The first-order valence-electron chi connectivity index (χ1n) is 18.1. The van der Waals surface area contributed by atoms with Crippen LogP contribution in [0.3, 0.4) is 0 Å². The molecule has 7 aliphatic rings. The molecule has 1 unspecified atom stereocenters. The van der Waals surface area contributed by atoms with Crippen LogP contribution >= 0.6 is 0 Å². The maximum atomic E-state index is 12.9. The van der Waals surface area contributed by atoms with Gasteiger partial charge in [-0.1, -0.05) is 27.7 Å². The Kier molecular flexibility index (Phi) is 7.98. The van der Waals surface area contributed by atoms with Crippen LogP contribution in [0.2, 0.25) is 0 Å². The summed E-state index contributed by atoms with van der Waals surface area (Å²) in [6, 6.07) is 0.417. The quantitative estimate of drug-likeness (QED) is 0.418. The zero-order valence-electron chi connectivity index (χ0n) is 27.7. The SMILES string of the molecule is C[C@@H]1CC[C@@]2(OC1)O[C@H]1C[C@H]3[C@@H]4CC[C@H]5CC(NC(=O)CC(=O)NC6CCN(C)CC6)CC[C@]5(C)[C@H]4CC[C@]3(C)[C@H]1[C@@H]2C. The highest BCUT2D eigenvalue weighted by molar-refractivity contribution is 5.97. The predicted octanol–water partition coefficient (Wildman–Crippen LogP) is 5.52. The standard InChI is InChI=1S/C36H59N3O4/c1-22-8-15-36(42-21-22)23(2)33-30(43-36)19-29-27-7-6-24-18-26(9-13-34(24,3)28(27)10-14-35(29,33)4)38-32(41)20-31(40)37-25-11-16-39(5)17-12-25/h22-30,33H,6-21H2,1-5H3,(H,37,40)(H,38,41)/t22-,23+,24+,26?,27-,28+,29+,30+,33+,34+,35+,36-/m1/s1. The van der Waals surface area contributed by atoms with Crippen molar-refractivity contribution >= 4 is 11.8 Å². The minimum atomic E-state index is -0.327. The zero-order chi connectivity index (χ0) is 30.1. The summed E-state index contributed by atoms with van der Waals surface area (Å²) < 4.78 is 13.5. The van der Waals surface area contributed by atoms with E-state index >= 15 is 0 Å². The van der Waals surface area contributed by atoms with Crippen molar-refractivity contribution < 1.29 is 19.1 Å². The molecule has 0 aromatic carbocycles. The van der Waals surface area contributed by atoms with Crippen LogP contribution in [0.15, 0.2) is 0 Å². The van der Waals surface area contributed by atoms with Crippen LogP contribution in [0.5, 0.6) is 0 Å². The number of carbonyl (C=O) groups is 2. The maximum absolute atomic E-state index is 12.9. The maximum Gasteiger partial charge on any atom is 0.229 e. The van der Waals surface area contributed by atoms with Gasteiger partial charge in [0.1, 0.15) is 6.42 Å². The summed E-state index contributed by atoms with van der Waals surface area (Å²) in [5.41, 5.74) is 0.731. The molecule has 0 aromatic rings. The summed E-state index contributed by atoms with van der Waals surface area (Å²) in [7, 11) is 2.12. The van der Waals surface area contributed by atoms with E-state index < -0.39 is 0 Å². The van der Waals surface area contributed by atoms with Crippen LogP contribution in [-0.2, 0) is 19.1 Å². The van der Waals surface area contributed by atoms with Crippen LogP contribution in [-0.4, -0.2) is 67.4 Å². The van der Waals surface area contributed by atoms with Gasteiger partial charge >= 0.3 is 0 Å². The molecule has 43 heavy (non-hydrogen) atoms. The molecular weight excluding hydrogens is 538 g/mol. The number of piperidine rings is 1. The topological polar surface area (TPSA) is 79.9 Å². The lowest BCUT2D eigenvalue weighted by Gasteiger charge is -2.61. The fraction of sp³-hybridized carbons (Fsp3) is 0.944. The van der Waals surface area contributed by atoms with Gasteiger partial charge in [0.2, 0.25) is 11.8 Å². The molecule has 7 rings (SSSR count). The average Bonchev–Trinajstić information content (AvgIpc) is 3.41. The Balaban J connectivity index is 0.948. The third-order valence-electron chi connectivity index (χ3n) is 14.7. The Hall–Kier alpha value is -1.18. The van der Waals surface area contributed by atoms with Gasteiger partial charge in [-0.25, -0.2) is 0 Å². The number of carbonyl (C=O) groups excluding carboxylic acids is 2. The number of nitrogens with zero attached hydrogens (tertiary/aromatic N) is 1. The first kappa shape index (κ1) is 30.5. The van der Waals surface area contributed by atoms with Crippen LogP contribution in [0.25, 0.3) is 0 Å². The van der Waals surface area contributed by atoms with E-state index in [4.69, 9.17) is 9.47 Å². The van der Waals surface area contributed by atoms with Gasteiger partial charge in [-0.05, 0) is 137 Å². The van der Waals surface area contributed by atoms with Crippen molar-refractivity contribution in [3.05, 3.63) is 0 Å². The van der Waals surface area contributed by atoms with Crippen molar-refractivity contribution in [1.29, 1.82) is 0 Å². The number of nitrogens with one attached hydrogen (secondary N) is 2. The smallest absolute Gasteiger partial charge is 0.229 e. The highest BCUT2D eigenvalue weighted by Gasteiger charge is 2.69. The number of fused-ring (bicyclic) bond motifs is 7. The van der Waals surface area contributed by atoms with Crippen molar-refractivity contribution in [3.8, 4) is 0 Å². The van der Waals surface area contributed by atoms with Gasteiger partial charge in [-0.15, -0.1) is 0 Å². The number of likely N-dealkylation sites (tertiary alicyclic amines) is 1. The molecule has 3 heterocycles. The lowest BCUT2D eigenvalue weighted by Crippen LogP contribution is -2.56. The van der Waals surface area contributed by atoms with E-state index in [0.717, 1.165) is 69.6 Å². The van der Waals surface area contributed by atoms with Gasteiger partial charge in [0, 0.05) is 24.4 Å². The second kappa shape index (κ2) is 11.3. The molecule has 7 nitrogen and oxygen atoms in total. The lowest BCUT2D eigenvalue weighted by atomic mass is 9.44. The molecule has 7 fully saturated rings. The van der Waals surface area contributed by atoms with E-state index in [2.05, 4.69) is 50.3 Å². The van der Waals surface area contributed by atoms with Gasteiger partial charge in [-0.3, -0.25) is 9.59 Å². The third-order valence-corrected chi connectivity index (χ3v) is 14.7. The lowest BCUT2D eigenvalue weighted by molar-refractivity contribution is -0.273. The van der Waals surface area contributed by atoms with Crippen molar-refractivity contribution in [2.45, 2.75) is 135 Å². The predicted molar refractivity (Wildman–Crippen MR) is 167 cm³/mol. The molecule has 2 N–H and O–H groups in total. The van der Waals surface area contributed by atoms with Gasteiger partial charge < -0.3 is 25.0 Å². The summed E-state index contributed by atoms with van der Waals surface area (Å²) in [6.45, 7) is 12.8. The molecule has 7 heteroatoms. The molecule has 0 bridgehead atoms. The molecule has 2 amide bonds. The number of hydrogen-bond acceptors (Lipinski definition) is 5. The van der Waals surface area contributed by atoms with E-state index in [-0.39, 0.29) is 36.1 Å². The Morgan fingerprint density at radius 1 is 0.814 bits per heavy atom. The minimum Gasteiger partial charge on any atom is -0.353 e. The van der Waals surface area contributed by atoms with Gasteiger partial charge in [-0.2, -0.15) is 0 Å². The fourth-order valence-electron chi connectivity index (χ4n) is 12.3. The summed E-state index contributed by atoms with van der Waals surface area (Å²) >= 11 is 0. The molecule has 1 spiro atoms. The molecule has 242 valence electrons. The van der Waals surface area contributed by atoms with E-state index in [1.54, 1.807) is 0 Å². The second-order valence-corrected chi connectivity index (χ2v) is 17.0. The monoisotopic (exact) mass is 597 g/mol. The third kappa shape index (κ3) is 5.19. The van der Waals surface area contributed by atoms with Crippen LogP contribution in [0.4, 0.5) is 0 Å². The number of hydrogen-bond donors (Lipinski definition) is 2. The highest BCUT2D eigenvalue weighted by Crippen LogP contribution is 2.71. The Morgan fingerprint density at radius 3 is 2.26 bits per heavy atom. The average molecular weight is 598 g/mol. The molecule has 4 saturated carbocycles. The minimum absolute atomic E-state index is 0.0378. The first-order chi connectivity index (χ1) is 20.5. The van der Waals surface area contributed by atoms with Crippen molar-refractivity contribution in [1.82, 2.24) is 15.5 Å². The van der Waals surface area contributed by atoms with Crippen LogP contribution in [0.1, 0.15) is 111 Å². The van der Waals surface area contributed by atoms with E-state index in [9.17, 15) is 9.59 Å². The van der Waals surface area contributed by atoms with Gasteiger partial charge in [0.15, 0.2) is 5.79 Å². The highest BCUT2D eigenvalue weighted by atomic mass is 16.7. The normalized spacial score (nSPS) is 49.9. The summed E-state index contributed by atoms with van der Waals surface area (Å²) in [5.74, 6) is 4.24. The molecule has 3 saturated heterocycles. The molecule has 0 radical (unpaired) electrons. The number of rotatable bonds is 4. The molecule has 3 aliphatic heterocycles. The zero-order valence-corrected chi connectivity index (χ0v) is 27.7. The van der Waals surface area contributed by atoms with Gasteiger partial charge in [0.05, 0.1) is 12.7 Å². The molecule has 0 aromatic heterocycles. The Labute approximate surface area is 260 Å². The number of amides is 2. The number of ether oxygens (including phenoxy) is 2. The fourth-order valence-corrected chi connectivity index (χ4v) is 12.3. The molecule has 12 atom stereocenters. The van der Waals surface area contributed by atoms with Crippen LogP contribution < -0.4 is 10.6 Å². The summed E-state index contributed by atoms with van der Waals surface area (Å²) in [4.78, 5) is 27.8. The molecule has 4 aliphatic carbocycles. The van der Waals surface area contributed by atoms with Gasteiger partial charge in [0.25, 0.3) is 0 Å². The van der Waals surface area contributed by atoms with E-state index in [0.29, 0.717) is 40.6 Å². The first-order valence-corrected chi connectivity index (χ1v) is 18.1. The Bertz CT molecular complexity index is 1070. The Morgan fingerprint density at radius 2 is 1.53 bits per heavy atom. The largest absolute Gasteiger partial charge is 0.353 e. The van der Waals surface area contributed by atoms with Crippen molar-refractivity contribution in [3.63, 3.8) is 0 Å². The summed E-state index contributed by atoms with van der Waals surface area (Å²) in [5, 5.41) is 6.39. The van der Waals surface area contributed by atoms with E-state index in [1.165, 1.54) is 44.9 Å². The van der Waals surface area contributed by atoms with Crippen LogP contribution in [0, 0.1) is 52.3 Å². The summed E-state index contributed by atoms with van der Waals surface area (Å²) in [6.07, 6.45) is 14.4.